The first kappa shape index (κ1) is 20.0. The third-order valence-electron chi connectivity index (χ3n) is 3.87. The Bertz CT molecular complexity index is 689. The molecular formula is C17H22N6OU. The van der Waals surface area contributed by atoms with Crippen LogP contribution >= 0.6 is 0 Å². The molecule has 0 spiro atoms. The van der Waals surface area contributed by atoms with Gasteiger partial charge in [-0.1, -0.05) is 12.1 Å². The van der Waals surface area contributed by atoms with Gasteiger partial charge in [0, 0.05) is 24.3 Å². The van der Waals surface area contributed by atoms with Crippen LogP contribution in [0.25, 0.3) is 11.4 Å². The van der Waals surface area contributed by atoms with Crippen molar-refractivity contribution in [3.05, 3.63) is 38.1 Å². The van der Waals surface area contributed by atoms with Crippen molar-refractivity contribution in [2.24, 2.45) is 0 Å². The minimum absolute atomic E-state index is 0. The second-order valence-corrected chi connectivity index (χ2v) is 5.47. The minimum atomic E-state index is 0. The van der Waals surface area contributed by atoms with E-state index < -0.39 is 0 Å². The summed E-state index contributed by atoms with van der Waals surface area (Å²) in [6.07, 6.45) is 0. The second-order valence-electron chi connectivity index (χ2n) is 5.47. The van der Waals surface area contributed by atoms with Gasteiger partial charge in [0.1, 0.15) is 0 Å². The smallest absolute Gasteiger partial charge is 0.401 e. The molecule has 0 unspecified atom stereocenters. The summed E-state index contributed by atoms with van der Waals surface area (Å²) in [5, 5.41) is 0. The van der Waals surface area contributed by atoms with Crippen molar-refractivity contribution in [2.45, 2.75) is 0 Å². The summed E-state index contributed by atoms with van der Waals surface area (Å²) in [4.78, 5) is 17.9. The topological polar surface area (TPSA) is 80.4 Å². The van der Waals surface area contributed by atoms with Crippen molar-refractivity contribution in [3.63, 3.8) is 0 Å². The molecule has 1 aromatic heterocycles. The predicted octanol–water partition coefficient (Wildman–Crippen LogP) is 1.43. The van der Waals surface area contributed by atoms with E-state index in [1.165, 1.54) is 0 Å². The van der Waals surface area contributed by atoms with Crippen LogP contribution in [-0.2, 0) is 4.74 Å². The van der Waals surface area contributed by atoms with Crippen LogP contribution < -0.4 is 15.5 Å². The molecule has 1 saturated heterocycles. The quantitative estimate of drug-likeness (QED) is 0.435. The van der Waals surface area contributed by atoms with Gasteiger partial charge in [0.25, 0.3) is 0 Å². The SMILES string of the molecule is [CH2-]CN(C[CH2-])c1nc(-c2cccc(N)c2)nc(N2CCOCC2)n1.[U+2]. The summed E-state index contributed by atoms with van der Waals surface area (Å²) in [5.74, 6) is 1.82. The zero-order valence-electron chi connectivity index (χ0n) is 14.2. The molecule has 0 amide bonds. The van der Waals surface area contributed by atoms with E-state index in [1.54, 1.807) is 0 Å². The monoisotopic (exact) mass is 564 g/mol. The Morgan fingerprint density at radius 1 is 1.12 bits per heavy atom. The molecule has 0 atom stereocenters. The number of nitrogen functional groups attached to an aromatic ring is 1. The molecule has 0 saturated carbocycles. The summed E-state index contributed by atoms with van der Waals surface area (Å²) in [5.41, 5.74) is 7.44. The number of benzene rings is 1. The van der Waals surface area contributed by atoms with Gasteiger partial charge in [0.15, 0.2) is 5.82 Å². The van der Waals surface area contributed by atoms with Crippen LogP contribution in [0.1, 0.15) is 0 Å². The molecule has 2 N–H and O–H groups in total. The van der Waals surface area contributed by atoms with E-state index in [-0.39, 0.29) is 31.1 Å². The van der Waals surface area contributed by atoms with Crippen LogP contribution in [0.3, 0.4) is 0 Å². The first-order valence-corrected chi connectivity index (χ1v) is 7.99. The molecule has 7 nitrogen and oxygen atoms in total. The Balaban J connectivity index is 0.00000225. The standard InChI is InChI=1S/C17H22N6O.U/c1-3-22(4-2)16-19-15(13-6-5-7-14(18)12-13)20-17(21-16)23-8-10-24-11-9-23;/h5-7,12H,1-4,8-11,18H2;/q-2;+2. The van der Waals surface area contributed by atoms with Gasteiger partial charge in [-0.2, -0.15) is 15.0 Å². The maximum atomic E-state index is 5.90. The molecule has 8 heteroatoms. The molecule has 1 fully saturated rings. The van der Waals surface area contributed by atoms with Crippen LogP contribution in [0.4, 0.5) is 17.6 Å². The predicted molar refractivity (Wildman–Crippen MR) is 95.6 cm³/mol. The second kappa shape index (κ2) is 9.37. The number of rotatable bonds is 5. The van der Waals surface area contributed by atoms with Crippen molar-refractivity contribution in [2.75, 3.05) is 54.9 Å². The van der Waals surface area contributed by atoms with Gasteiger partial charge in [-0.3, -0.25) is 0 Å². The number of nitrogens with two attached hydrogens (primary N) is 1. The normalized spacial score (nSPS) is 14.1. The summed E-state index contributed by atoms with van der Waals surface area (Å²) in [7, 11) is 0. The Morgan fingerprint density at radius 2 is 1.84 bits per heavy atom. The molecule has 3 rings (SSSR count). The first-order chi connectivity index (χ1) is 11.7. The molecule has 0 aliphatic carbocycles. The van der Waals surface area contributed by atoms with Crippen LogP contribution in [0, 0.1) is 45.0 Å². The van der Waals surface area contributed by atoms with Crippen molar-refractivity contribution in [1.82, 2.24) is 15.0 Å². The fourth-order valence-electron chi connectivity index (χ4n) is 2.52. The van der Waals surface area contributed by atoms with Crippen LogP contribution in [-0.4, -0.2) is 54.3 Å². The van der Waals surface area contributed by atoms with Crippen LogP contribution in [0.5, 0.6) is 0 Å². The maximum absolute atomic E-state index is 5.90. The van der Waals surface area contributed by atoms with Crippen LogP contribution in [0.2, 0.25) is 0 Å². The van der Waals surface area contributed by atoms with E-state index in [4.69, 9.17) is 10.5 Å². The Labute approximate surface area is 172 Å². The fraction of sp³-hybridized carbons (Fsp3) is 0.353. The largest absolute Gasteiger partial charge is 2.00 e. The first-order valence-electron chi connectivity index (χ1n) is 7.99. The number of aromatic nitrogens is 3. The zero-order chi connectivity index (χ0) is 16.9. The van der Waals surface area contributed by atoms with Gasteiger partial charge in [-0.15, -0.1) is 13.1 Å². The Kier molecular flexibility index (Phi) is 7.48. The molecule has 2 heterocycles. The van der Waals surface area contributed by atoms with Gasteiger partial charge in [0.05, 0.1) is 13.2 Å². The van der Waals surface area contributed by atoms with E-state index in [0.717, 1.165) is 18.7 Å². The number of anilines is 3. The zero-order valence-corrected chi connectivity index (χ0v) is 18.4. The molecule has 1 aliphatic heterocycles. The molecule has 2 aromatic rings. The van der Waals surface area contributed by atoms with Gasteiger partial charge in [-0.05, 0) is 12.1 Å². The van der Waals surface area contributed by atoms with Crippen molar-refractivity contribution >= 4 is 17.6 Å². The summed E-state index contributed by atoms with van der Waals surface area (Å²) < 4.78 is 5.41. The average molecular weight is 564 g/mol. The minimum Gasteiger partial charge on any atom is -0.401 e. The number of nitrogens with zero attached hydrogens (tertiary/aromatic N) is 5. The van der Waals surface area contributed by atoms with Gasteiger partial charge in [0.2, 0.25) is 11.9 Å². The van der Waals surface area contributed by atoms with Crippen molar-refractivity contribution < 1.29 is 35.9 Å². The van der Waals surface area contributed by atoms with Gasteiger partial charge >= 0.3 is 31.1 Å². The van der Waals surface area contributed by atoms with Crippen molar-refractivity contribution in [1.29, 1.82) is 0 Å². The molecule has 25 heavy (non-hydrogen) atoms. The number of morpholine rings is 1. The molecule has 0 radical (unpaired) electrons. The summed E-state index contributed by atoms with van der Waals surface area (Å²) >= 11 is 0. The number of hydrogen-bond donors (Lipinski definition) is 1. The third-order valence-corrected chi connectivity index (χ3v) is 3.87. The molecule has 0 bridgehead atoms. The third kappa shape index (κ3) is 4.84. The number of ether oxygens (including phenoxy) is 1. The average Bonchev–Trinajstić information content (AvgIpc) is 2.63. The fourth-order valence-corrected chi connectivity index (χ4v) is 2.52. The van der Waals surface area contributed by atoms with E-state index in [9.17, 15) is 0 Å². The van der Waals surface area contributed by atoms with E-state index in [0.29, 0.717) is 49.7 Å². The molecule has 130 valence electrons. The van der Waals surface area contributed by atoms with Gasteiger partial charge in [-0.25, -0.2) is 0 Å². The molecule has 1 aliphatic rings. The van der Waals surface area contributed by atoms with E-state index in [2.05, 4.69) is 33.7 Å². The van der Waals surface area contributed by atoms with Crippen LogP contribution in [0.15, 0.2) is 24.3 Å². The molecule has 1 aromatic carbocycles. The van der Waals surface area contributed by atoms with Crippen molar-refractivity contribution in [3.8, 4) is 11.4 Å². The Hall–Kier alpha value is -1.36. The Morgan fingerprint density at radius 3 is 2.48 bits per heavy atom. The van der Waals surface area contributed by atoms with E-state index in [1.807, 2.05) is 29.2 Å². The number of hydrogen-bond acceptors (Lipinski definition) is 7. The summed E-state index contributed by atoms with van der Waals surface area (Å²) in [6, 6.07) is 7.54. The summed E-state index contributed by atoms with van der Waals surface area (Å²) in [6.45, 7) is 11.8. The van der Waals surface area contributed by atoms with E-state index >= 15 is 0 Å². The van der Waals surface area contributed by atoms with Gasteiger partial charge < -0.3 is 34.1 Å². The molecular weight excluding hydrogens is 542 g/mol. The maximum Gasteiger partial charge on any atom is 2.00 e.